The van der Waals surface area contributed by atoms with Crippen molar-refractivity contribution in [1.82, 2.24) is 9.88 Å². The van der Waals surface area contributed by atoms with Crippen molar-refractivity contribution in [3.63, 3.8) is 0 Å². The predicted molar refractivity (Wildman–Crippen MR) is 74.0 cm³/mol. The van der Waals surface area contributed by atoms with Gasteiger partial charge >= 0.3 is 0 Å². The molecular formula is C14H17N3O2. The molecule has 2 rings (SSSR count). The van der Waals surface area contributed by atoms with Crippen LogP contribution in [0.4, 0.5) is 5.69 Å². The Morgan fingerprint density at radius 1 is 1.26 bits per heavy atom. The van der Waals surface area contributed by atoms with Gasteiger partial charge in [0.25, 0.3) is 5.69 Å². The lowest BCUT2D eigenvalue weighted by atomic mass is 10.2. The van der Waals surface area contributed by atoms with Gasteiger partial charge in [-0.05, 0) is 24.2 Å². The van der Waals surface area contributed by atoms with Gasteiger partial charge in [-0.1, -0.05) is 19.1 Å². The summed E-state index contributed by atoms with van der Waals surface area (Å²) in [6.07, 6.45) is 2.02. The van der Waals surface area contributed by atoms with Crippen LogP contribution >= 0.6 is 0 Å². The fourth-order valence-electron chi connectivity index (χ4n) is 1.94. The Labute approximate surface area is 112 Å². The van der Waals surface area contributed by atoms with Crippen molar-refractivity contribution in [1.29, 1.82) is 0 Å². The zero-order valence-electron chi connectivity index (χ0n) is 10.9. The Kier molecular flexibility index (Phi) is 4.30. The van der Waals surface area contributed by atoms with Crippen LogP contribution in [0.3, 0.4) is 0 Å². The second-order valence-electron chi connectivity index (χ2n) is 4.33. The highest BCUT2D eigenvalue weighted by Crippen LogP contribution is 2.14. The number of nitro groups is 1. The van der Waals surface area contributed by atoms with E-state index in [4.69, 9.17) is 0 Å². The Hall–Kier alpha value is -2.14. The van der Waals surface area contributed by atoms with Crippen LogP contribution in [0.1, 0.15) is 18.2 Å². The molecule has 2 aromatic rings. The van der Waals surface area contributed by atoms with Crippen molar-refractivity contribution in [2.75, 3.05) is 6.54 Å². The molecule has 0 saturated carbocycles. The molecular weight excluding hydrogens is 242 g/mol. The highest BCUT2D eigenvalue weighted by Gasteiger charge is 2.05. The molecule has 19 heavy (non-hydrogen) atoms. The van der Waals surface area contributed by atoms with Crippen molar-refractivity contribution >= 4 is 5.69 Å². The first-order chi connectivity index (χ1) is 9.20. The smallest absolute Gasteiger partial charge is 0.269 e. The van der Waals surface area contributed by atoms with Gasteiger partial charge in [0, 0.05) is 37.1 Å². The van der Waals surface area contributed by atoms with E-state index in [1.807, 2.05) is 12.3 Å². The van der Waals surface area contributed by atoms with Crippen LogP contribution in [0, 0.1) is 10.1 Å². The fourth-order valence-corrected chi connectivity index (χ4v) is 1.94. The largest absolute Gasteiger partial charge is 0.346 e. The first kappa shape index (κ1) is 13.3. The zero-order valence-corrected chi connectivity index (χ0v) is 10.9. The summed E-state index contributed by atoms with van der Waals surface area (Å²) < 4.78 is 2.14. The predicted octanol–water partition coefficient (Wildman–Crippen LogP) is 2.55. The summed E-state index contributed by atoms with van der Waals surface area (Å²) >= 11 is 0. The summed E-state index contributed by atoms with van der Waals surface area (Å²) in [5.74, 6) is 0. The third-order valence-corrected chi connectivity index (χ3v) is 2.98. The van der Waals surface area contributed by atoms with Gasteiger partial charge < -0.3 is 9.88 Å². The van der Waals surface area contributed by atoms with Crippen molar-refractivity contribution in [3.05, 3.63) is 64.0 Å². The third kappa shape index (κ3) is 3.42. The Morgan fingerprint density at radius 2 is 2.00 bits per heavy atom. The molecule has 0 aliphatic rings. The number of nitrogens with zero attached hydrogens (tertiary/aromatic N) is 2. The van der Waals surface area contributed by atoms with E-state index in [0.717, 1.165) is 25.2 Å². The second-order valence-corrected chi connectivity index (χ2v) is 4.33. The topological polar surface area (TPSA) is 60.1 Å². The number of hydrogen-bond donors (Lipinski definition) is 1. The minimum Gasteiger partial charge on any atom is -0.346 e. The quantitative estimate of drug-likeness (QED) is 0.640. The number of benzene rings is 1. The van der Waals surface area contributed by atoms with E-state index < -0.39 is 0 Å². The van der Waals surface area contributed by atoms with Crippen LogP contribution in [0.25, 0.3) is 0 Å². The number of hydrogen-bond acceptors (Lipinski definition) is 3. The van der Waals surface area contributed by atoms with Crippen molar-refractivity contribution in [2.24, 2.45) is 0 Å². The molecule has 0 spiro atoms. The van der Waals surface area contributed by atoms with Gasteiger partial charge in [-0.25, -0.2) is 0 Å². The fraction of sp³-hybridized carbons (Fsp3) is 0.286. The molecule has 5 heteroatoms. The number of rotatable bonds is 6. The summed E-state index contributed by atoms with van der Waals surface area (Å²) in [6.45, 7) is 4.56. The third-order valence-electron chi connectivity index (χ3n) is 2.98. The molecule has 0 aliphatic carbocycles. The van der Waals surface area contributed by atoms with Crippen LogP contribution in [0.5, 0.6) is 0 Å². The summed E-state index contributed by atoms with van der Waals surface area (Å²) in [5.41, 5.74) is 2.39. The minimum atomic E-state index is -0.379. The van der Waals surface area contributed by atoms with E-state index in [2.05, 4.69) is 22.9 Å². The molecule has 5 nitrogen and oxygen atoms in total. The highest BCUT2D eigenvalue weighted by molar-refractivity contribution is 5.33. The number of non-ortho nitro benzene ring substituents is 1. The van der Waals surface area contributed by atoms with Crippen LogP contribution in [0.2, 0.25) is 0 Å². The molecule has 1 aromatic heterocycles. The lowest BCUT2D eigenvalue weighted by molar-refractivity contribution is -0.384. The maximum Gasteiger partial charge on any atom is 0.269 e. The molecule has 0 radical (unpaired) electrons. The van der Waals surface area contributed by atoms with Gasteiger partial charge in [0.15, 0.2) is 0 Å². The van der Waals surface area contributed by atoms with Gasteiger partial charge in [0.05, 0.1) is 4.92 Å². The Bertz CT molecular complexity index is 546. The number of aromatic nitrogens is 1. The first-order valence-corrected chi connectivity index (χ1v) is 6.28. The second kappa shape index (κ2) is 6.15. The maximum atomic E-state index is 10.6. The highest BCUT2D eigenvalue weighted by atomic mass is 16.6. The van der Waals surface area contributed by atoms with Crippen LogP contribution in [-0.2, 0) is 13.1 Å². The average molecular weight is 259 g/mol. The van der Waals surface area contributed by atoms with Gasteiger partial charge in [0.2, 0.25) is 0 Å². The monoisotopic (exact) mass is 259 g/mol. The SMILES string of the molecule is CCNCc1cccn1Cc1ccc([N+](=O)[O-])cc1. The molecule has 100 valence electrons. The normalized spacial score (nSPS) is 10.6. The van der Waals surface area contributed by atoms with E-state index in [1.165, 1.54) is 5.69 Å². The molecule has 0 atom stereocenters. The number of nitrogens with one attached hydrogen (secondary N) is 1. The van der Waals surface area contributed by atoms with Crippen LogP contribution < -0.4 is 5.32 Å². The molecule has 1 aromatic carbocycles. The number of nitro benzene ring substituents is 1. The van der Waals surface area contributed by atoms with E-state index >= 15 is 0 Å². The van der Waals surface area contributed by atoms with E-state index in [1.54, 1.807) is 24.3 Å². The van der Waals surface area contributed by atoms with Crippen molar-refractivity contribution in [2.45, 2.75) is 20.0 Å². The maximum absolute atomic E-state index is 10.6. The van der Waals surface area contributed by atoms with Gasteiger partial charge in [-0.15, -0.1) is 0 Å². The molecule has 1 N–H and O–H groups in total. The van der Waals surface area contributed by atoms with Gasteiger partial charge in [-0.3, -0.25) is 10.1 Å². The molecule has 0 fully saturated rings. The summed E-state index contributed by atoms with van der Waals surface area (Å²) in [5, 5.41) is 13.9. The van der Waals surface area contributed by atoms with E-state index in [-0.39, 0.29) is 10.6 Å². The molecule has 1 heterocycles. The van der Waals surface area contributed by atoms with E-state index in [9.17, 15) is 10.1 Å². The molecule has 0 bridgehead atoms. The summed E-state index contributed by atoms with van der Waals surface area (Å²) in [6, 6.07) is 10.8. The lowest BCUT2D eigenvalue weighted by Gasteiger charge is -2.09. The van der Waals surface area contributed by atoms with Crippen molar-refractivity contribution < 1.29 is 4.92 Å². The Morgan fingerprint density at radius 3 is 2.63 bits per heavy atom. The lowest BCUT2D eigenvalue weighted by Crippen LogP contribution is -2.15. The molecule has 0 saturated heterocycles. The van der Waals surface area contributed by atoms with Crippen molar-refractivity contribution in [3.8, 4) is 0 Å². The van der Waals surface area contributed by atoms with Gasteiger partial charge in [-0.2, -0.15) is 0 Å². The van der Waals surface area contributed by atoms with Gasteiger partial charge in [0.1, 0.15) is 0 Å². The van der Waals surface area contributed by atoms with E-state index in [0.29, 0.717) is 0 Å². The Balaban J connectivity index is 2.08. The van der Waals surface area contributed by atoms with Crippen LogP contribution in [-0.4, -0.2) is 16.0 Å². The molecule has 0 aliphatic heterocycles. The van der Waals surface area contributed by atoms with Crippen LogP contribution in [0.15, 0.2) is 42.6 Å². The first-order valence-electron chi connectivity index (χ1n) is 6.28. The molecule has 0 unspecified atom stereocenters. The average Bonchev–Trinajstić information content (AvgIpc) is 2.84. The summed E-state index contributed by atoms with van der Waals surface area (Å²) in [7, 11) is 0. The molecule has 0 amide bonds. The standard InChI is InChI=1S/C14H17N3O2/c1-2-15-10-14-4-3-9-16(14)11-12-5-7-13(8-6-12)17(18)19/h3-9,15H,2,10-11H2,1H3. The zero-order chi connectivity index (χ0) is 13.7. The minimum absolute atomic E-state index is 0.129. The summed E-state index contributed by atoms with van der Waals surface area (Å²) in [4.78, 5) is 10.2.